The third-order valence-electron chi connectivity index (χ3n) is 6.81. The molecular weight excluding hydrogens is 435 g/mol. The highest BCUT2D eigenvalue weighted by Gasteiger charge is 2.42. The highest BCUT2D eigenvalue weighted by molar-refractivity contribution is 5.50. The van der Waals surface area contributed by atoms with E-state index in [2.05, 4.69) is 20.0 Å². The number of aryl methyl sites for hydroxylation is 1. The van der Waals surface area contributed by atoms with Gasteiger partial charge in [0, 0.05) is 43.5 Å². The first-order valence-corrected chi connectivity index (χ1v) is 11.1. The van der Waals surface area contributed by atoms with E-state index in [1.165, 1.54) is 10.6 Å². The van der Waals surface area contributed by atoms with Crippen LogP contribution < -0.4 is 14.4 Å². The topological polar surface area (TPSA) is 64.8 Å². The van der Waals surface area contributed by atoms with E-state index in [-0.39, 0.29) is 5.88 Å². The maximum Gasteiger partial charge on any atom is 0.422 e. The summed E-state index contributed by atoms with van der Waals surface area (Å²) in [4.78, 5) is 11.3. The molecule has 0 radical (unpaired) electrons. The van der Waals surface area contributed by atoms with Gasteiger partial charge in [-0.3, -0.25) is 0 Å². The third-order valence-corrected chi connectivity index (χ3v) is 6.81. The number of ether oxygens (including phenoxy) is 2. The molecule has 0 aromatic carbocycles. The Kier molecular flexibility index (Phi) is 5.54. The maximum absolute atomic E-state index is 12.6. The lowest BCUT2D eigenvalue weighted by molar-refractivity contribution is -0.154. The number of rotatable bonds is 6. The van der Waals surface area contributed by atoms with E-state index in [4.69, 9.17) is 9.47 Å². The number of anilines is 1. The van der Waals surface area contributed by atoms with Crippen molar-refractivity contribution in [1.82, 2.24) is 19.6 Å². The molecule has 176 valence electrons. The molecule has 3 aromatic heterocycles. The second-order valence-corrected chi connectivity index (χ2v) is 8.95. The Labute approximate surface area is 189 Å². The number of hydrogen-bond acceptors (Lipinski definition) is 6. The van der Waals surface area contributed by atoms with E-state index in [1.54, 1.807) is 19.4 Å². The fourth-order valence-corrected chi connectivity index (χ4v) is 5.25. The van der Waals surface area contributed by atoms with Crippen LogP contribution in [0.1, 0.15) is 24.2 Å². The fourth-order valence-electron chi connectivity index (χ4n) is 5.25. The summed E-state index contributed by atoms with van der Waals surface area (Å²) in [5.41, 5.74) is 2.50. The number of methoxy groups -OCH3 is 1. The number of piperidine rings is 1. The molecule has 0 amide bonds. The number of hydrogen-bond donors (Lipinski definition) is 0. The third kappa shape index (κ3) is 4.43. The summed E-state index contributed by atoms with van der Waals surface area (Å²) in [6.07, 6.45) is 0.375. The lowest BCUT2D eigenvalue weighted by Crippen LogP contribution is -2.42. The highest BCUT2D eigenvalue weighted by Crippen LogP contribution is 2.44. The molecule has 7 nitrogen and oxygen atoms in total. The molecule has 2 fully saturated rings. The molecule has 33 heavy (non-hydrogen) atoms. The van der Waals surface area contributed by atoms with E-state index in [0.29, 0.717) is 41.5 Å². The molecule has 3 atom stereocenters. The molecule has 0 N–H and O–H groups in total. The molecule has 10 heteroatoms. The Morgan fingerprint density at radius 3 is 2.58 bits per heavy atom. The van der Waals surface area contributed by atoms with Crippen LogP contribution in [0.2, 0.25) is 0 Å². The first-order valence-electron chi connectivity index (χ1n) is 11.1. The quantitative estimate of drug-likeness (QED) is 0.551. The molecule has 1 unspecified atom stereocenters. The minimum Gasteiger partial charge on any atom is -0.481 e. The summed E-state index contributed by atoms with van der Waals surface area (Å²) in [5, 5.41) is 4.54. The fraction of sp³-hybridized carbons (Fsp3) is 0.522. The summed E-state index contributed by atoms with van der Waals surface area (Å²) in [6, 6.07) is 7.20. The van der Waals surface area contributed by atoms with Crippen molar-refractivity contribution >= 4 is 11.3 Å². The Bertz CT molecular complexity index is 1130. The van der Waals surface area contributed by atoms with Gasteiger partial charge in [0.15, 0.2) is 18.1 Å². The molecule has 4 heterocycles. The summed E-state index contributed by atoms with van der Waals surface area (Å²) in [5.74, 6) is 2.78. The second kappa shape index (κ2) is 8.39. The van der Waals surface area contributed by atoms with E-state index in [9.17, 15) is 13.2 Å². The van der Waals surface area contributed by atoms with Gasteiger partial charge in [-0.05, 0) is 49.1 Å². The number of pyridine rings is 2. The zero-order chi connectivity index (χ0) is 23.2. The van der Waals surface area contributed by atoms with E-state index in [0.717, 1.165) is 37.2 Å². The normalized spacial score (nSPS) is 22.7. The van der Waals surface area contributed by atoms with Gasteiger partial charge < -0.3 is 14.4 Å². The van der Waals surface area contributed by atoms with Crippen LogP contribution in [-0.4, -0.2) is 52.6 Å². The van der Waals surface area contributed by atoms with Crippen LogP contribution in [0.5, 0.6) is 11.8 Å². The Hall–Kier alpha value is -3.04. The van der Waals surface area contributed by atoms with Crippen LogP contribution in [0.25, 0.3) is 5.65 Å². The Balaban J connectivity index is 1.33. The highest BCUT2D eigenvalue weighted by atomic mass is 19.4. The van der Waals surface area contributed by atoms with Gasteiger partial charge in [-0.2, -0.15) is 17.7 Å². The van der Waals surface area contributed by atoms with Gasteiger partial charge in [0.1, 0.15) is 0 Å². The predicted molar refractivity (Wildman–Crippen MR) is 116 cm³/mol. The van der Waals surface area contributed by atoms with Crippen LogP contribution in [0.15, 0.2) is 30.5 Å². The van der Waals surface area contributed by atoms with Crippen LogP contribution in [-0.2, 0) is 6.42 Å². The molecule has 3 aromatic rings. The van der Waals surface area contributed by atoms with Gasteiger partial charge in [0.2, 0.25) is 11.8 Å². The van der Waals surface area contributed by atoms with Gasteiger partial charge in [-0.25, -0.2) is 9.97 Å². The Morgan fingerprint density at radius 1 is 1.12 bits per heavy atom. The van der Waals surface area contributed by atoms with Crippen molar-refractivity contribution in [3.8, 4) is 11.8 Å². The summed E-state index contributed by atoms with van der Waals surface area (Å²) in [7, 11) is 1.62. The molecule has 1 aliphatic carbocycles. The Morgan fingerprint density at radius 2 is 1.88 bits per heavy atom. The minimum atomic E-state index is -4.41. The average Bonchev–Trinajstić information content (AvgIpc) is 3.30. The van der Waals surface area contributed by atoms with Crippen molar-refractivity contribution in [2.45, 2.75) is 32.4 Å². The summed E-state index contributed by atoms with van der Waals surface area (Å²) < 4.78 is 49.6. The van der Waals surface area contributed by atoms with Gasteiger partial charge in [0.25, 0.3) is 0 Å². The van der Waals surface area contributed by atoms with Crippen molar-refractivity contribution in [2.75, 3.05) is 31.7 Å². The number of alkyl halides is 3. The van der Waals surface area contributed by atoms with Crippen LogP contribution >= 0.6 is 0 Å². The number of halogens is 3. The van der Waals surface area contributed by atoms with Crippen molar-refractivity contribution in [2.24, 2.45) is 17.8 Å². The number of fused-ring (bicyclic) bond motifs is 3. The summed E-state index contributed by atoms with van der Waals surface area (Å²) in [6.45, 7) is 2.40. The SMILES string of the molecule is COc1cc(N2C[C@H]3CC[C@@H](C2)C3Cc2nc3c(C)ccc(OCC(F)(F)F)n3n2)ccn1. The van der Waals surface area contributed by atoms with E-state index < -0.39 is 12.8 Å². The van der Waals surface area contributed by atoms with Crippen LogP contribution in [0, 0.1) is 24.7 Å². The zero-order valence-corrected chi connectivity index (χ0v) is 18.5. The summed E-state index contributed by atoms with van der Waals surface area (Å²) >= 11 is 0. The number of nitrogens with zero attached hydrogens (tertiary/aromatic N) is 5. The van der Waals surface area contributed by atoms with Gasteiger partial charge in [-0.15, -0.1) is 5.10 Å². The molecule has 2 bridgehead atoms. The van der Waals surface area contributed by atoms with Crippen molar-refractivity contribution in [3.63, 3.8) is 0 Å². The molecule has 1 saturated carbocycles. The average molecular weight is 461 g/mol. The smallest absolute Gasteiger partial charge is 0.422 e. The zero-order valence-electron chi connectivity index (χ0n) is 18.5. The van der Waals surface area contributed by atoms with E-state index in [1.807, 2.05) is 19.1 Å². The lowest BCUT2D eigenvalue weighted by Gasteiger charge is -2.39. The van der Waals surface area contributed by atoms with Crippen LogP contribution in [0.3, 0.4) is 0 Å². The lowest BCUT2D eigenvalue weighted by atomic mass is 9.82. The van der Waals surface area contributed by atoms with Crippen molar-refractivity contribution in [1.29, 1.82) is 0 Å². The van der Waals surface area contributed by atoms with Crippen LogP contribution in [0.4, 0.5) is 18.9 Å². The van der Waals surface area contributed by atoms with Gasteiger partial charge in [0.05, 0.1) is 7.11 Å². The molecule has 1 aliphatic heterocycles. The largest absolute Gasteiger partial charge is 0.481 e. The van der Waals surface area contributed by atoms with E-state index >= 15 is 0 Å². The van der Waals surface area contributed by atoms with Gasteiger partial charge in [-0.1, -0.05) is 6.07 Å². The first-order chi connectivity index (χ1) is 15.8. The molecule has 0 spiro atoms. The maximum atomic E-state index is 12.6. The van der Waals surface area contributed by atoms with Gasteiger partial charge >= 0.3 is 6.18 Å². The van der Waals surface area contributed by atoms with Crippen molar-refractivity contribution < 1.29 is 22.6 Å². The number of aromatic nitrogens is 4. The first kappa shape index (κ1) is 21.8. The minimum absolute atomic E-state index is 0.0519. The standard InChI is InChI=1S/C23H26F3N5O2/c1-14-3-6-21(33-13-23(24,25)26)31-22(14)28-19(29-31)10-18-15-4-5-16(18)12-30(11-15)17-7-8-27-20(9-17)32-2/h3,6-9,15-16,18H,4-5,10-13H2,1-2H3/t15-,16+,18?. The van der Waals surface area contributed by atoms with Crippen molar-refractivity contribution in [3.05, 3.63) is 41.9 Å². The molecular formula is C23H26F3N5O2. The monoisotopic (exact) mass is 461 g/mol. The molecule has 2 aliphatic rings. The molecule has 1 saturated heterocycles. The second-order valence-electron chi connectivity index (χ2n) is 8.95. The predicted octanol–water partition coefficient (Wildman–Crippen LogP) is 4.09. The molecule has 5 rings (SSSR count).